The Hall–Kier alpha value is -3.22. The van der Waals surface area contributed by atoms with E-state index in [2.05, 4.69) is 9.72 Å². The molecule has 1 aromatic heterocycles. The van der Waals surface area contributed by atoms with Crippen molar-refractivity contribution >= 4 is 22.8 Å². The summed E-state index contributed by atoms with van der Waals surface area (Å²) in [5.74, 6) is -0.105. The van der Waals surface area contributed by atoms with Crippen LogP contribution in [0.4, 0.5) is 5.69 Å². The van der Waals surface area contributed by atoms with Crippen LogP contribution in [0.1, 0.15) is 10.4 Å². The first-order valence-electron chi connectivity index (χ1n) is 6.32. The molecule has 0 bridgehead atoms. The van der Waals surface area contributed by atoms with E-state index in [1.165, 1.54) is 25.3 Å². The first-order valence-corrected chi connectivity index (χ1v) is 6.32. The number of oxazole rings is 1. The second kappa shape index (κ2) is 5.28. The van der Waals surface area contributed by atoms with Crippen molar-refractivity contribution in [2.45, 2.75) is 0 Å². The number of rotatable bonds is 3. The van der Waals surface area contributed by atoms with Gasteiger partial charge in [-0.1, -0.05) is 0 Å². The third kappa shape index (κ3) is 2.39. The fraction of sp³-hybridized carbons (Fsp3) is 0.0667. The number of nitrogens with zero attached hydrogens (tertiary/aromatic N) is 2. The standard InChI is InChI=1S/C15H10N2O5/c1-21-15(18)10-4-2-9(3-5-10)14-16-12-7-6-11(17(19)20)8-13(12)22-14/h2-8H,1H3. The average Bonchev–Trinajstić information content (AvgIpc) is 2.97. The number of nitro benzene ring substituents is 1. The zero-order valence-electron chi connectivity index (χ0n) is 11.5. The second-order valence-corrected chi connectivity index (χ2v) is 4.50. The van der Waals surface area contributed by atoms with E-state index in [0.717, 1.165) is 0 Å². The summed E-state index contributed by atoms with van der Waals surface area (Å²) in [5.41, 5.74) is 1.87. The number of nitro groups is 1. The fourth-order valence-electron chi connectivity index (χ4n) is 2.02. The number of fused-ring (bicyclic) bond motifs is 1. The van der Waals surface area contributed by atoms with Crippen molar-refractivity contribution in [1.29, 1.82) is 0 Å². The molecule has 1 heterocycles. The number of hydrogen-bond donors (Lipinski definition) is 0. The van der Waals surface area contributed by atoms with Crippen molar-refractivity contribution in [1.82, 2.24) is 4.98 Å². The van der Waals surface area contributed by atoms with Crippen LogP contribution in [0.15, 0.2) is 46.9 Å². The van der Waals surface area contributed by atoms with Crippen LogP contribution < -0.4 is 0 Å². The van der Waals surface area contributed by atoms with E-state index < -0.39 is 10.9 Å². The molecule has 0 amide bonds. The van der Waals surface area contributed by atoms with Crippen LogP contribution in [-0.4, -0.2) is 23.0 Å². The normalized spacial score (nSPS) is 10.6. The molecule has 0 aliphatic carbocycles. The van der Waals surface area contributed by atoms with E-state index in [1.807, 2.05) is 0 Å². The monoisotopic (exact) mass is 298 g/mol. The van der Waals surface area contributed by atoms with E-state index in [-0.39, 0.29) is 5.69 Å². The van der Waals surface area contributed by atoms with E-state index in [9.17, 15) is 14.9 Å². The number of ether oxygens (including phenoxy) is 1. The Morgan fingerprint density at radius 1 is 1.23 bits per heavy atom. The van der Waals surface area contributed by atoms with E-state index in [0.29, 0.717) is 28.1 Å². The second-order valence-electron chi connectivity index (χ2n) is 4.50. The highest BCUT2D eigenvalue weighted by atomic mass is 16.6. The summed E-state index contributed by atoms with van der Waals surface area (Å²) in [6.07, 6.45) is 0. The lowest BCUT2D eigenvalue weighted by Gasteiger charge is -1.99. The molecular formula is C15H10N2O5. The lowest BCUT2D eigenvalue weighted by Crippen LogP contribution is -2.00. The maximum atomic E-state index is 11.4. The SMILES string of the molecule is COC(=O)c1ccc(-c2nc3ccc([N+](=O)[O-])cc3o2)cc1. The van der Waals surface area contributed by atoms with Crippen LogP contribution in [0.2, 0.25) is 0 Å². The summed E-state index contributed by atoms with van der Waals surface area (Å²) in [6, 6.07) is 10.8. The highest BCUT2D eigenvalue weighted by Gasteiger charge is 2.13. The number of aromatic nitrogens is 1. The maximum Gasteiger partial charge on any atom is 0.337 e. The topological polar surface area (TPSA) is 95.5 Å². The maximum absolute atomic E-state index is 11.4. The minimum atomic E-state index is -0.493. The van der Waals surface area contributed by atoms with E-state index in [4.69, 9.17) is 4.42 Å². The third-order valence-electron chi connectivity index (χ3n) is 3.14. The van der Waals surface area contributed by atoms with Crippen molar-refractivity contribution in [2.24, 2.45) is 0 Å². The third-order valence-corrected chi connectivity index (χ3v) is 3.14. The average molecular weight is 298 g/mol. The molecule has 0 saturated heterocycles. The summed E-state index contributed by atoms with van der Waals surface area (Å²) < 4.78 is 10.2. The molecule has 7 heteroatoms. The van der Waals surface area contributed by atoms with Gasteiger partial charge < -0.3 is 9.15 Å². The first-order chi connectivity index (χ1) is 10.6. The molecule has 0 radical (unpaired) electrons. The van der Waals surface area contributed by atoms with Crippen molar-refractivity contribution in [2.75, 3.05) is 7.11 Å². The number of carbonyl (C=O) groups is 1. The molecule has 22 heavy (non-hydrogen) atoms. The van der Waals surface area contributed by atoms with Crippen molar-refractivity contribution in [3.8, 4) is 11.5 Å². The fourth-order valence-corrected chi connectivity index (χ4v) is 2.02. The number of esters is 1. The molecular weight excluding hydrogens is 288 g/mol. The van der Waals surface area contributed by atoms with Crippen LogP contribution in [-0.2, 0) is 4.74 Å². The lowest BCUT2D eigenvalue weighted by atomic mass is 10.1. The van der Waals surface area contributed by atoms with Crippen LogP contribution in [0.25, 0.3) is 22.6 Å². The van der Waals surface area contributed by atoms with Crippen molar-refractivity contribution in [3.63, 3.8) is 0 Å². The quantitative estimate of drug-likeness (QED) is 0.418. The van der Waals surface area contributed by atoms with E-state index >= 15 is 0 Å². The van der Waals surface area contributed by atoms with Crippen molar-refractivity contribution < 1.29 is 18.9 Å². The van der Waals surface area contributed by atoms with Gasteiger partial charge >= 0.3 is 5.97 Å². The molecule has 0 unspecified atom stereocenters. The van der Waals surface area contributed by atoms with Gasteiger partial charge in [0.25, 0.3) is 5.69 Å². The summed E-state index contributed by atoms with van der Waals surface area (Å²) in [4.78, 5) is 25.9. The Morgan fingerprint density at radius 3 is 2.59 bits per heavy atom. The molecule has 3 rings (SSSR count). The van der Waals surface area contributed by atoms with Gasteiger partial charge in [-0.05, 0) is 30.3 Å². The molecule has 0 aliphatic rings. The van der Waals surface area contributed by atoms with Crippen LogP contribution in [0, 0.1) is 10.1 Å². The van der Waals surface area contributed by atoms with Gasteiger partial charge in [-0.25, -0.2) is 9.78 Å². The summed E-state index contributed by atoms with van der Waals surface area (Å²) in [5, 5.41) is 10.8. The number of non-ortho nitro benzene ring substituents is 1. The van der Waals surface area contributed by atoms with Crippen LogP contribution in [0.5, 0.6) is 0 Å². The predicted octanol–water partition coefficient (Wildman–Crippen LogP) is 3.19. The van der Waals surface area contributed by atoms with Gasteiger partial charge in [0.05, 0.1) is 23.7 Å². The molecule has 0 atom stereocenters. The predicted molar refractivity (Wildman–Crippen MR) is 77.4 cm³/mol. The van der Waals surface area contributed by atoms with Gasteiger partial charge in [0.2, 0.25) is 5.89 Å². The summed E-state index contributed by atoms with van der Waals surface area (Å²) >= 11 is 0. The van der Waals surface area contributed by atoms with Gasteiger partial charge in [0.1, 0.15) is 5.52 Å². The number of hydrogen-bond acceptors (Lipinski definition) is 6. The molecule has 110 valence electrons. The summed E-state index contributed by atoms with van der Waals surface area (Å²) in [6.45, 7) is 0. The number of methoxy groups -OCH3 is 1. The zero-order chi connectivity index (χ0) is 15.7. The molecule has 2 aromatic carbocycles. The van der Waals surface area contributed by atoms with Crippen LogP contribution in [0.3, 0.4) is 0 Å². The Kier molecular flexibility index (Phi) is 3.30. The molecule has 7 nitrogen and oxygen atoms in total. The molecule has 0 saturated carbocycles. The lowest BCUT2D eigenvalue weighted by molar-refractivity contribution is -0.384. The Morgan fingerprint density at radius 2 is 1.95 bits per heavy atom. The Labute approximate surface area is 124 Å². The smallest absolute Gasteiger partial charge is 0.337 e. The largest absolute Gasteiger partial charge is 0.465 e. The van der Waals surface area contributed by atoms with Gasteiger partial charge in [-0.15, -0.1) is 0 Å². The zero-order valence-corrected chi connectivity index (χ0v) is 11.5. The Balaban J connectivity index is 1.99. The number of benzene rings is 2. The molecule has 0 N–H and O–H groups in total. The molecule has 3 aromatic rings. The van der Waals surface area contributed by atoms with Crippen molar-refractivity contribution in [3.05, 3.63) is 58.1 Å². The summed E-state index contributed by atoms with van der Waals surface area (Å²) in [7, 11) is 1.31. The first kappa shape index (κ1) is 13.7. The minimum absolute atomic E-state index is 0.0590. The molecule has 0 spiro atoms. The highest BCUT2D eigenvalue weighted by molar-refractivity contribution is 5.90. The van der Waals surface area contributed by atoms with Crippen LogP contribution >= 0.6 is 0 Å². The number of carbonyl (C=O) groups excluding carboxylic acids is 1. The minimum Gasteiger partial charge on any atom is -0.465 e. The molecule has 0 aliphatic heterocycles. The molecule has 0 fully saturated rings. The highest BCUT2D eigenvalue weighted by Crippen LogP contribution is 2.27. The van der Waals surface area contributed by atoms with E-state index in [1.54, 1.807) is 24.3 Å². The Bertz CT molecular complexity index is 867. The van der Waals surface area contributed by atoms with Gasteiger partial charge in [0, 0.05) is 11.6 Å². The van der Waals surface area contributed by atoms with Gasteiger partial charge in [-0.3, -0.25) is 10.1 Å². The van der Waals surface area contributed by atoms with Gasteiger partial charge in [-0.2, -0.15) is 0 Å². The van der Waals surface area contributed by atoms with Gasteiger partial charge in [0.15, 0.2) is 5.58 Å².